The summed E-state index contributed by atoms with van der Waals surface area (Å²) >= 11 is 0. The Labute approximate surface area is 89.9 Å². The maximum atomic E-state index is 3.29. The number of hydrogen-bond donors (Lipinski definition) is 0. The molecule has 2 aliphatic carbocycles. The van der Waals surface area contributed by atoms with Crippen LogP contribution in [-0.2, 0) is 6.42 Å². The summed E-state index contributed by atoms with van der Waals surface area (Å²) < 4.78 is 0. The maximum absolute atomic E-state index is 3.29. The van der Waals surface area contributed by atoms with Crippen LogP contribution >= 0.6 is 0 Å². The first-order valence-corrected chi connectivity index (χ1v) is 5.20. The van der Waals surface area contributed by atoms with E-state index in [2.05, 4.69) is 54.7 Å². The molecule has 0 N–H and O–H groups in total. The van der Waals surface area contributed by atoms with Crippen molar-refractivity contribution in [1.29, 1.82) is 0 Å². The summed E-state index contributed by atoms with van der Waals surface area (Å²) in [5, 5.41) is 0. The Bertz CT molecular complexity index is 511. The summed E-state index contributed by atoms with van der Waals surface area (Å²) in [6.07, 6.45) is 19.0. The minimum Gasteiger partial charge on any atom is -0.0716 e. The van der Waals surface area contributed by atoms with E-state index in [0.717, 1.165) is 6.42 Å². The predicted molar refractivity (Wildman–Crippen MR) is 64.3 cm³/mol. The van der Waals surface area contributed by atoms with Crippen LogP contribution in [-0.4, -0.2) is 0 Å². The molecule has 1 radical (unpaired) electrons. The van der Waals surface area contributed by atoms with Crippen LogP contribution < -0.4 is 0 Å². The van der Waals surface area contributed by atoms with E-state index in [0.29, 0.717) is 0 Å². The highest BCUT2D eigenvalue weighted by Gasteiger charge is 2.08. The maximum Gasteiger partial charge on any atom is -0.00816 e. The van der Waals surface area contributed by atoms with E-state index in [1.165, 1.54) is 22.3 Å². The smallest absolute Gasteiger partial charge is 0.00816 e. The first-order valence-electron chi connectivity index (χ1n) is 5.20. The van der Waals surface area contributed by atoms with Gasteiger partial charge < -0.3 is 0 Å². The molecule has 0 aliphatic heterocycles. The molecule has 0 amide bonds. The van der Waals surface area contributed by atoms with Crippen molar-refractivity contribution in [1.82, 2.24) is 0 Å². The van der Waals surface area contributed by atoms with Gasteiger partial charge in [0.1, 0.15) is 0 Å². The van der Waals surface area contributed by atoms with Gasteiger partial charge in [-0.05, 0) is 40.8 Å². The fourth-order valence-electron chi connectivity index (χ4n) is 1.99. The van der Waals surface area contributed by atoms with E-state index in [9.17, 15) is 0 Å². The van der Waals surface area contributed by atoms with Gasteiger partial charge in [-0.25, -0.2) is 0 Å². The standard InChI is InChI=1S/C15H11/c1-2-4-7-13-11-15-9-5-8-14(15)10-12(13)6-3-1/h1-7,10-11H,8H2. The molecule has 0 nitrogen and oxygen atoms in total. The average Bonchev–Trinajstić information content (AvgIpc) is 2.64. The van der Waals surface area contributed by atoms with Gasteiger partial charge in [0.2, 0.25) is 0 Å². The lowest BCUT2D eigenvalue weighted by Gasteiger charge is -2.06. The summed E-state index contributed by atoms with van der Waals surface area (Å²) in [6.45, 7) is 0. The van der Waals surface area contributed by atoms with Gasteiger partial charge in [0.15, 0.2) is 0 Å². The molecule has 1 aromatic rings. The molecular weight excluding hydrogens is 180 g/mol. The van der Waals surface area contributed by atoms with Gasteiger partial charge in [-0.15, -0.1) is 0 Å². The molecule has 0 heterocycles. The predicted octanol–water partition coefficient (Wildman–Crippen LogP) is 3.55. The molecular formula is C15H11. The van der Waals surface area contributed by atoms with Crippen molar-refractivity contribution < 1.29 is 0 Å². The zero-order valence-electron chi connectivity index (χ0n) is 8.40. The molecule has 0 saturated carbocycles. The fourth-order valence-corrected chi connectivity index (χ4v) is 1.99. The molecule has 0 heteroatoms. The molecule has 71 valence electrons. The molecule has 15 heavy (non-hydrogen) atoms. The highest BCUT2D eigenvalue weighted by Crippen LogP contribution is 2.25. The van der Waals surface area contributed by atoms with E-state index in [1.807, 2.05) is 6.08 Å². The van der Waals surface area contributed by atoms with Crippen LogP contribution in [0.5, 0.6) is 0 Å². The van der Waals surface area contributed by atoms with Gasteiger partial charge in [-0.2, -0.15) is 0 Å². The van der Waals surface area contributed by atoms with Crippen LogP contribution in [0, 0.1) is 6.08 Å². The number of benzene rings is 1. The molecule has 0 fully saturated rings. The van der Waals surface area contributed by atoms with Gasteiger partial charge in [-0.1, -0.05) is 48.6 Å². The van der Waals surface area contributed by atoms with Gasteiger partial charge in [0.05, 0.1) is 0 Å². The number of allylic oxidation sites excluding steroid dienone is 5. The van der Waals surface area contributed by atoms with Crippen LogP contribution in [0.3, 0.4) is 0 Å². The Morgan fingerprint density at radius 1 is 0.867 bits per heavy atom. The van der Waals surface area contributed by atoms with Crippen LogP contribution in [0.1, 0.15) is 22.3 Å². The third-order valence-electron chi connectivity index (χ3n) is 2.77. The van der Waals surface area contributed by atoms with Crippen LogP contribution in [0.2, 0.25) is 0 Å². The summed E-state index contributed by atoms with van der Waals surface area (Å²) in [5.41, 5.74) is 5.20. The molecule has 3 rings (SSSR count). The first-order chi connectivity index (χ1) is 7.43. The van der Waals surface area contributed by atoms with Crippen molar-refractivity contribution in [3.05, 3.63) is 70.8 Å². The zero-order valence-corrected chi connectivity index (χ0v) is 8.40. The molecule has 0 spiro atoms. The van der Waals surface area contributed by atoms with Crippen LogP contribution in [0.4, 0.5) is 0 Å². The second-order valence-corrected chi connectivity index (χ2v) is 3.79. The summed E-state index contributed by atoms with van der Waals surface area (Å²) in [4.78, 5) is 0. The topological polar surface area (TPSA) is 0 Å². The Balaban J connectivity index is 2.20. The largest absolute Gasteiger partial charge is 0.0716 e. The molecule has 0 unspecified atom stereocenters. The minimum atomic E-state index is 1.02. The third-order valence-corrected chi connectivity index (χ3v) is 2.77. The summed E-state index contributed by atoms with van der Waals surface area (Å²) in [5.74, 6) is 0. The minimum absolute atomic E-state index is 1.02. The van der Waals surface area contributed by atoms with E-state index in [1.54, 1.807) is 0 Å². The number of hydrogen-bond acceptors (Lipinski definition) is 0. The van der Waals surface area contributed by atoms with Crippen LogP contribution in [0.25, 0.3) is 12.2 Å². The molecule has 2 aliphatic rings. The molecule has 0 saturated heterocycles. The lowest BCUT2D eigenvalue weighted by atomic mass is 9.98. The van der Waals surface area contributed by atoms with Gasteiger partial charge >= 0.3 is 0 Å². The molecule has 0 atom stereocenters. The van der Waals surface area contributed by atoms with E-state index < -0.39 is 0 Å². The lowest BCUT2D eigenvalue weighted by Crippen LogP contribution is -1.89. The van der Waals surface area contributed by atoms with E-state index in [-0.39, 0.29) is 0 Å². The second kappa shape index (κ2) is 3.39. The Kier molecular flexibility index (Phi) is 1.92. The van der Waals surface area contributed by atoms with E-state index >= 15 is 0 Å². The van der Waals surface area contributed by atoms with Crippen molar-refractivity contribution in [3.63, 3.8) is 0 Å². The van der Waals surface area contributed by atoms with Crippen molar-refractivity contribution in [3.8, 4) is 0 Å². The Morgan fingerprint density at radius 3 is 2.40 bits per heavy atom. The van der Waals surface area contributed by atoms with Crippen molar-refractivity contribution in [2.24, 2.45) is 0 Å². The van der Waals surface area contributed by atoms with Crippen molar-refractivity contribution >= 4 is 12.2 Å². The summed E-state index contributed by atoms with van der Waals surface area (Å²) in [6, 6.07) is 4.48. The fraction of sp³-hybridized carbons (Fsp3) is 0.0667. The Hall–Kier alpha value is -1.82. The SMILES string of the molecule is [C]1=CCc2cc3c(cc21)C=CC=CC=C3. The van der Waals surface area contributed by atoms with Crippen molar-refractivity contribution in [2.75, 3.05) is 0 Å². The molecule has 1 aromatic carbocycles. The monoisotopic (exact) mass is 191 g/mol. The van der Waals surface area contributed by atoms with E-state index in [4.69, 9.17) is 0 Å². The number of rotatable bonds is 0. The highest BCUT2D eigenvalue weighted by atomic mass is 14.1. The summed E-state index contributed by atoms with van der Waals surface area (Å²) in [7, 11) is 0. The second-order valence-electron chi connectivity index (χ2n) is 3.79. The van der Waals surface area contributed by atoms with Crippen LogP contribution in [0.15, 0.2) is 42.5 Å². The van der Waals surface area contributed by atoms with Gasteiger partial charge in [-0.3, -0.25) is 0 Å². The van der Waals surface area contributed by atoms with Gasteiger partial charge in [0.25, 0.3) is 0 Å². The lowest BCUT2D eigenvalue weighted by molar-refractivity contribution is 1.30. The highest BCUT2D eigenvalue weighted by molar-refractivity contribution is 5.70. The quantitative estimate of drug-likeness (QED) is 0.588. The molecule has 0 aromatic heterocycles. The normalized spacial score (nSPS) is 16.0. The van der Waals surface area contributed by atoms with Crippen molar-refractivity contribution in [2.45, 2.75) is 6.42 Å². The first kappa shape index (κ1) is 8.49. The number of fused-ring (bicyclic) bond motifs is 2. The third kappa shape index (κ3) is 1.48. The zero-order chi connectivity index (χ0) is 10.1. The average molecular weight is 191 g/mol. The Morgan fingerprint density at radius 2 is 1.60 bits per heavy atom. The van der Waals surface area contributed by atoms with Gasteiger partial charge in [0, 0.05) is 0 Å². The molecule has 0 bridgehead atoms.